The van der Waals surface area contributed by atoms with E-state index in [4.69, 9.17) is 4.74 Å². The van der Waals surface area contributed by atoms with Crippen molar-refractivity contribution in [3.05, 3.63) is 35.4 Å². The molecule has 1 atom stereocenters. The SMILES string of the molecule is CCCNC(COC)C1Cc2ccccc2C1. The topological polar surface area (TPSA) is 21.3 Å². The fourth-order valence-corrected chi connectivity index (χ4v) is 2.75. The van der Waals surface area contributed by atoms with Crippen molar-refractivity contribution in [1.29, 1.82) is 0 Å². The monoisotopic (exact) mass is 233 g/mol. The van der Waals surface area contributed by atoms with Crippen LogP contribution < -0.4 is 5.32 Å². The Balaban J connectivity index is 1.98. The Bertz CT molecular complexity index is 326. The van der Waals surface area contributed by atoms with E-state index >= 15 is 0 Å². The number of fused-ring (bicyclic) bond motifs is 1. The first-order valence-electron chi connectivity index (χ1n) is 6.64. The summed E-state index contributed by atoms with van der Waals surface area (Å²) in [6.45, 7) is 4.11. The summed E-state index contributed by atoms with van der Waals surface area (Å²) in [7, 11) is 1.79. The van der Waals surface area contributed by atoms with Gasteiger partial charge in [0.1, 0.15) is 0 Å². The van der Waals surface area contributed by atoms with Crippen LogP contribution in [0.2, 0.25) is 0 Å². The van der Waals surface area contributed by atoms with Crippen LogP contribution in [-0.4, -0.2) is 26.3 Å². The Morgan fingerprint density at radius 3 is 2.47 bits per heavy atom. The first kappa shape index (κ1) is 12.6. The summed E-state index contributed by atoms with van der Waals surface area (Å²) in [5.41, 5.74) is 3.05. The molecule has 1 aromatic carbocycles. The lowest BCUT2D eigenvalue weighted by molar-refractivity contribution is 0.141. The average molecular weight is 233 g/mol. The van der Waals surface area contributed by atoms with Crippen molar-refractivity contribution >= 4 is 0 Å². The van der Waals surface area contributed by atoms with E-state index in [1.165, 1.54) is 30.4 Å². The van der Waals surface area contributed by atoms with Crippen molar-refractivity contribution < 1.29 is 4.74 Å². The molecule has 0 amide bonds. The van der Waals surface area contributed by atoms with Crippen molar-refractivity contribution in [2.75, 3.05) is 20.3 Å². The van der Waals surface area contributed by atoms with Gasteiger partial charge in [-0.25, -0.2) is 0 Å². The van der Waals surface area contributed by atoms with Crippen LogP contribution in [0.3, 0.4) is 0 Å². The molecular weight excluding hydrogens is 210 g/mol. The molecule has 2 rings (SSSR count). The summed E-state index contributed by atoms with van der Waals surface area (Å²) in [6, 6.07) is 9.31. The number of rotatable bonds is 6. The van der Waals surface area contributed by atoms with E-state index in [1.807, 2.05) is 0 Å². The Hall–Kier alpha value is -0.860. The van der Waals surface area contributed by atoms with Crippen LogP contribution in [0.25, 0.3) is 0 Å². The molecule has 2 nitrogen and oxygen atoms in total. The number of benzene rings is 1. The third kappa shape index (κ3) is 3.08. The van der Waals surface area contributed by atoms with E-state index < -0.39 is 0 Å². The Morgan fingerprint density at radius 1 is 1.29 bits per heavy atom. The molecule has 0 aliphatic heterocycles. The van der Waals surface area contributed by atoms with Crippen molar-refractivity contribution in [3.63, 3.8) is 0 Å². The molecule has 1 aliphatic carbocycles. The minimum absolute atomic E-state index is 0.493. The molecule has 2 heteroatoms. The molecule has 0 heterocycles. The van der Waals surface area contributed by atoms with Gasteiger partial charge in [0.05, 0.1) is 6.61 Å². The van der Waals surface area contributed by atoms with E-state index in [2.05, 4.69) is 36.5 Å². The van der Waals surface area contributed by atoms with Crippen LogP contribution in [0.1, 0.15) is 24.5 Å². The van der Waals surface area contributed by atoms with Gasteiger partial charge in [-0.2, -0.15) is 0 Å². The second-order valence-corrected chi connectivity index (χ2v) is 4.95. The maximum Gasteiger partial charge on any atom is 0.0618 e. The Kier molecular flexibility index (Phi) is 4.57. The lowest BCUT2D eigenvalue weighted by atomic mass is 9.97. The van der Waals surface area contributed by atoms with Crippen molar-refractivity contribution in [3.8, 4) is 0 Å². The molecule has 0 bridgehead atoms. The van der Waals surface area contributed by atoms with Gasteiger partial charge >= 0.3 is 0 Å². The van der Waals surface area contributed by atoms with Crippen molar-refractivity contribution in [1.82, 2.24) is 5.32 Å². The van der Waals surface area contributed by atoms with E-state index in [-0.39, 0.29) is 0 Å². The largest absolute Gasteiger partial charge is 0.383 e. The zero-order chi connectivity index (χ0) is 12.1. The molecule has 0 radical (unpaired) electrons. The van der Waals surface area contributed by atoms with Gasteiger partial charge in [-0.3, -0.25) is 0 Å². The summed E-state index contributed by atoms with van der Waals surface area (Å²) in [6.07, 6.45) is 3.57. The zero-order valence-corrected chi connectivity index (χ0v) is 10.9. The summed E-state index contributed by atoms with van der Waals surface area (Å²) in [5, 5.41) is 3.62. The lowest BCUT2D eigenvalue weighted by Crippen LogP contribution is -2.40. The van der Waals surface area contributed by atoms with Gasteiger partial charge < -0.3 is 10.1 Å². The van der Waals surface area contributed by atoms with Gasteiger partial charge in [-0.05, 0) is 42.9 Å². The van der Waals surface area contributed by atoms with Crippen molar-refractivity contribution in [2.24, 2.45) is 5.92 Å². The third-order valence-electron chi connectivity index (χ3n) is 3.65. The number of hydrogen-bond acceptors (Lipinski definition) is 2. The Morgan fingerprint density at radius 2 is 1.94 bits per heavy atom. The predicted octanol–water partition coefficient (Wildman–Crippen LogP) is 2.42. The van der Waals surface area contributed by atoms with E-state index in [9.17, 15) is 0 Å². The maximum absolute atomic E-state index is 5.35. The summed E-state index contributed by atoms with van der Waals surface area (Å²) in [5.74, 6) is 0.693. The van der Waals surface area contributed by atoms with Crippen LogP contribution in [0, 0.1) is 5.92 Å². The summed E-state index contributed by atoms with van der Waals surface area (Å²) >= 11 is 0. The Labute approximate surface area is 104 Å². The lowest BCUT2D eigenvalue weighted by Gasteiger charge is -2.23. The minimum atomic E-state index is 0.493. The molecular formula is C15H23NO. The number of methoxy groups -OCH3 is 1. The van der Waals surface area contributed by atoms with Crippen molar-refractivity contribution in [2.45, 2.75) is 32.2 Å². The van der Waals surface area contributed by atoms with Crippen LogP contribution in [-0.2, 0) is 17.6 Å². The minimum Gasteiger partial charge on any atom is -0.383 e. The predicted molar refractivity (Wildman–Crippen MR) is 71.3 cm³/mol. The molecule has 94 valence electrons. The van der Waals surface area contributed by atoms with E-state index in [0.29, 0.717) is 12.0 Å². The highest BCUT2D eigenvalue weighted by Crippen LogP contribution is 2.28. The summed E-state index contributed by atoms with van der Waals surface area (Å²) in [4.78, 5) is 0. The molecule has 0 saturated heterocycles. The highest BCUT2D eigenvalue weighted by molar-refractivity contribution is 5.32. The fraction of sp³-hybridized carbons (Fsp3) is 0.600. The zero-order valence-electron chi connectivity index (χ0n) is 10.9. The molecule has 0 saturated carbocycles. The van der Waals surface area contributed by atoms with Gasteiger partial charge in [-0.1, -0.05) is 31.2 Å². The first-order valence-corrected chi connectivity index (χ1v) is 6.64. The highest BCUT2D eigenvalue weighted by Gasteiger charge is 2.27. The van der Waals surface area contributed by atoms with Gasteiger partial charge in [0.2, 0.25) is 0 Å². The van der Waals surface area contributed by atoms with Gasteiger partial charge in [0.25, 0.3) is 0 Å². The highest BCUT2D eigenvalue weighted by atomic mass is 16.5. The molecule has 1 aliphatic rings. The quantitative estimate of drug-likeness (QED) is 0.814. The van der Waals surface area contributed by atoms with Gasteiger partial charge in [-0.15, -0.1) is 0 Å². The van der Waals surface area contributed by atoms with Gasteiger partial charge in [0.15, 0.2) is 0 Å². The second kappa shape index (κ2) is 6.18. The smallest absolute Gasteiger partial charge is 0.0618 e. The number of ether oxygens (including phenoxy) is 1. The average Bonchev–Trinajstić information content (AvgIpc) is 2.78. The van der Waals surface area contributed by atoms with Crippen LogP contribution >= 0.6 is 0 Å². The molecule has 1 aromatic rings. The number of nitrogens with one attached hydrogen (secondary N) is 1. The molecule has 17 heavy (non-hydrogen) atoms. The fourth-order valence-electron chi connectivity index (χ4n) is 2.75. The normalized spacial score (nSPS) is 17.1. The summed E-state index contributed by atoms with van der Waals surface area (Å²) < 4.78 is 5.35. The van der Waals surface area contributed by atoms with Gasteiger partial charge in [0, 0.05) is 13.2 Å². The molecule has 1 unspecified atom stereocenters. The third-order valence-corrected chi connectivity index (χ3v) is 3.65. The standard InChI is InChI=1S/C15H23NO/c1-3-8-16-15(11-17-2)14-9-12-6-4-5-7-13(12)10-14/h4-7,14-16H,3,8-11H2,1-2H3. The molecule has 0 fully saturated rings. The maximum atomic E-state index is 5.35. The second-order valence-electron chi connectivity index (χ2n) is 4.95. The molecule has 0 spiro atoms. The molecule has 1 N–H and O–H groups in total. The van der Waals surface area contributed by atoms with E-state index in [1.54, 1.807) is 7.11 Å². The van der Waals surface area contributed by atoms with Crippen LogP contribution in [0.4, 0.5) is 0 Å². The first-order chi connectivity index (χ1) is 8.35. The van der Waals surface area contributed by atoms with Crippen LogP contribution in [0.15, 0.2) is 24.3 Å². The molecule has 0 aromatic heterocycles. The number of hydrogen-bond donors (Lipinski definition) is 1. The van der Waals surface area contributed by atoms with E-state index in [0.717, 1.165) is 13.2 Å². The van der Waals surface area contributed by atoms with Crippen LogP contribution in [0.5, 0.6) is 0 Å².